The smallest absolute Gasteiger partial charge is 0.192 e. The molecule has 2 heterocycles. The molecule has 2 aromatic heterocycles. The molecule has 0 aliphatic heterocycles. The van der Waals surface area contributed by atoms with E-state index in [-0.39, 0.29) is 10.6 Å². The number of aromatic nitrogens is 2. The Labute approximate surface area is 156 Å². The van der Waals surface area contributed by atoms with Crippen molar-refractivity contribution in [3.8, 4) is 11.3 Å². The molecule has 0 fully saturated rings. The van der Waals surface area contributed by atoms with Gasteiger partial charge in [-0.3, -0.25) is 0 Å². The number of anilines is 1. The van der Waals surface area contributed by atoms with Crippen molar-refractivity contribution >= 4 is 25.7 Å². The Bertz CT molecular complexity index is 710. The molecule has 7 heteroatoms. The van der Waals surface area contributed by atoms with Crippen molar-refractivity contribution in [2.45, 2.75) is 58.3 Å². The van der Waals surface area contributed by atoms with Gasteiger partial charge in [-0.15, -0.1) is 0 Å². The molecule has 0 unspecified atom stereocenters. The third kappa shape index (κ3) is 5.06. The summed E-state index contributed by atoms with van der Waals surface area (Å²) >= 11 is 6.10. The lowest BCUT2D eigenvalue weighted by Gasteiger charge is -2.39. The number of nitrogens with one attached hydrogen (secondary N) is 1. The van der Waals surface area contributed by atoms with Crippen LogP contribution in [0.2, 0.25) is 23.2 Å². The maximum atomic E-state index is 6.37. The van der Waals surface area contributed by atoms with Gasteiger partial charge >= 0.3 is 0 Å². The molecule has 0 saturated carbocycles. The Hall–Kier alpha value is -1.37. The largest absolute Gasteiger partial charge is 0.443 e. The van der Waals surface area contributed by atoms with E-state index in [4.69, 9.17) is 20.4 Å². The van der Waals surface area contributed by atoms with Crippen molar-refractivity contribution in [1.29, 1.82) is 0 Å². The molecule has 0 aliphatic carbocycles. The van der Waals surface area contributed by atoms with E-state index in [2.05, 4.69) is 63.0 Å². The highest BCUT2D eigenvalue weighted by molar-refractivity contribution is 6.74. The summed E-state index contributed by atoms with van der Waals surface area (Å²) in [6.45, 7) is 16.0. The maximum absolute atomic E-state index is 6.37. The molecule has 0 aliphatic rings. The fourth-order valence-electron chi connectivity index (χ4n) is 2.01. The molecule has 1 N–H and O–H groups in total. The lowest BCUT2D eigenvalue weighted by Crippen LogP contribution is -2.47. The van der Waals surface area contributed by atoms with Gasteiger partial charge < -0.3 is 14.2 Å². The molecule has 2 aromatic rings. The molecular weight excluding hydrogens is 354 g/mol. The van der Waals surface area contributed by atoms with Crippen molar-refractivity contribution in [1.82, 2.24) is 9.97 Å². The Morgan fingerprint density at radius 3 is 2.44 bits per heavy atom. The van der Waals surface area contributed by atoms with Crippen LogP contribution < -0.4 is 5.32 Å². The lowest BCUT2D eigenvalue weighted by molar-refractivity contribution is 0.234. The fraction of sp³-hybridized carbons (Fsp3) is 0.556. The van der Waals surface area contributed by atoms with Crippen molar-refractivity contribution in [2.24, 2.45) is 0 Å². The van der Waals surface area contributed by atoms with Crippen molar-refractivity contribution in [3.63, 3.8) is 0 Å². The van der Waals surface area contributed by atoms with Gasteiger partial charge in [-0.25, -0.2) is 9.97 Å². The summed E-state index contributed by atoms with van der Waals surface area (Å²) in [7, 11) is -1.82. The lowest BCUT2D eigenvalue weighted by atomic mass is 10.1. The summed E-state index contributed by atoms with van der Waals surface area (Å²) in [6.07, 6.45) is 4.66. The van der Waals surface area contributed by atoms with Crippen molar-refractivity contribution in [2.75, 3.05) is 11.9 Å². The highest BCUT2D eigenvalue weighted by Gasteiger charge is 2.38. The van der Waals surface area contributed by atoms with Gasteiger partial charge in [-0.1, -0.05) is 32.4 Å². The monoisotopic (exact) mass is 381 g/mol. The first-order valence-electron chi connectivity index (χ1n) is 8.38. The third-order valence-electron chi connectivity index (χ3n) is 4.61. The standard InChI is InChI=1S/C18H28ClN3O2Si/c1-17(2,3)25(6,7)24-11-18(4,5)22-16-14(8-13(19)9-21-16)15-10-20-12-23-15/h8-10,12H,11H2,1-7H3,(H,21,22). The molecule has 0 saturated heterocycles. The summed E-state index contributed by atoms with van der Waals surface area (Å²) in [4.78, 5) is 8.41. The van der Waals surface area contributed by atoms with E-state index in [0.717, 1.165) is 5.56 Å². The number of hydrogen-bond acceptors (Lipinski definition) is 5. The predicted molar refractivity (Wildman–Crippen MR) is 106 cm³/mol. The molecule has 0 radical (unpaired) electrons. The quantitative estimate of drug-likeness (QED) is 0.659. The number of hydrogen-bond donors (Lipinski definition) is 1. The molecule has 0 atom stereocenters. The van der Waals surface area contributed by atoms with Gasteiger partial charge in [0.05, 0.1) is 28.9 Å². The number of halogens is 1. The van der Waals surface area contributed by atoms with Crippen LogP contribution in [0.5, 0.6) is 0 Å². The van der Waals surface area contributed by atoms with Crippen molar-refractivity contribution in [3.05, 3.63) is 29.9 Å². The number of pyridine rings is 1. The van der Waals surface area contributed by atoms with Crippen LogP contribution in [0.1, 0.15) is 34.6 Å². The second kappa shape index (κ2) is 7.09. The summed E-state index contributed by atoms with van der Waals surface area (Å²) in [5.74, 6) is 1.32. The summed E-state index contributed by atoms with van der Waals surface area (Å²) in [5.41, 5.74) is 0.482. The van der Waals surface area contributed by atoms with E-state index in [9.17, 15) is 0 Å². The van der Waals surface area contributed by atoms with E-state index in [1.54, 1.807) is 12.4 Å². The molecule has 5 nitrogen and oxygen atoms in total. The molecule has 25 heavy (non-hydrogen) atoms. The minimum absolute atomic E-state index is 0.173. The normalized spacial score (nSPS) is 13.1. The van der Waals surface area contributed by atoms with Crippen LogP contribution in [0.4, 0.5) is 5.82 Å². The van der Waals surface area contributed by atoms with E-state index in [1.165, 1.54) is 6.39 Å². The maximum Gasteiger partial charge on any atom is 0.192 e. The Kier molecular flexibility index (Phi) is 5.66. The minimum atomic E-state index is -1.82. The SMILES string of the molecule is CC(C)(CO[Si](C)(C)C(C)(C)C)Nc1ncc(Cl)cc1-c1cnco1. The zero-order chi connectivity index (χ0) is 18.9. The molecule has 0 amide bonds. The van der Waals surface area contributed by atoms with Crippen LogP contribution in [0, 0.1) is 0 Å². The first-order valence-corrected chi connectivity index (χ1v) is 11.7. The zero-order valence-electron chi connectivity index (χ0n) is 16.1. The first-order chi connectivity index (χ1) is 11.4. The summed E-state index contributed by atoms with van der Waals surface area (Å²) in [5, 5.41) is 4.19. The summed E-state index contributed by atoms with van der Waals surface area (Å²) in [6, 6.07) is 1.82. The van der Waals surface area contributed by atoms with E-state index < -0.39 is 8.32 Å². The average Bonchev–Trinajstić information content (AvgIpc) is 3.00. The van der Waals surface area contributed by atoms with Gasteiger partial charge in [0.1, 0.15) is 5.82 Å². The topological polar surface area (TPSA) is 60.2 Å². The van der Waals surface area contributed by atoms with E-state index >= 15 is 0 Å². The second-order valence-electron chi connectivity index (χ2n) is 8.47. The average molecular weight is 382 g/mol. The van der Waals surface area contributed by atoms with Gasteiger partial charge in [0.25, 0.3) is 0 Å². The number of rotatable bonds is 6. The molecule has 0 bridgehead atoms. The summed E-state index contributed by atoms with van der Waals surface area (Å²) < 4.78 is 11.8. The van der Waals surface area contributed by atoms with Gasteiger partial charge in [0, 0.05) is 6.20 Å². The fourth-order valence-corrected chi connectivity index (χ4v) is 3.32. The number of oxazole rings is 1. The van der Waals surface area contributed by atoms with Gasteiger partial charge in [0.2, 0.25) is 0 Å². The van der Waals surface area contributed by atoms with Crippen LogP contribution in [-0.4, -0.2) is 30.4 Å². The van der Waals surface area contributed by atoms with E-state index in [0.29, 0.717) is 23.2 Å². The van der Waals surface area contributed by atoms with Crippen LogP contribution in [0.15, 0.2) is 29.3 Å². The first kappa shape index (κ1) is 19.9. The van der Waals surface area contributed by atoms with Crippen LogP contribution >= 0.6 is 11.6 Å². The highest BCUT2D eigenvalue weighted by Crippen LogP contribution is 2.37. The molecule has 0 spiro atoms. The van der Waals surface area contributed by atoms with Crippen LogP contribution in [0.3, 0.4) is 0 Å². The molecule has 2 rings (SSSR count). The van der Waals surface area contributed by atoms with Crippen LogP contribution in [0.25, 0.3) is 11.3 Å². The molecular formula is C18H28ClN3O2Si. The zero-order valence-corrected chi connectivity index (χ0v) is 17.9. The highest BCUT2D eigenvalue weighted by atomic mass is 35.5. The van der Waals surface area contributed by atoms with E-state index in [1.807, 2.05) is 6.07 Å². The van der Waals surface area contributed by atoms with Gasteiger partial charge in [0.15, 0.2) is 20.5 Å². The molecule has 0 aromatic carbocycles. The Morgan fingerprint density at radius 1 is 1.20 bits per heavy atom. The minimum Gasteiger partial charge on any atom is -0.443 e. The third-order valence-corrected chi connectivity index (χ3v) is 9.29. The number of nitrogens with zero attached hydrogens (tertiary/aromatic N) is 2. The predicted octanol–water partition coefficient (Wildman–Crippen LogP) is 5.60. The second-order valence-corrected chi connectivity index (χ2v) is 13.7. The van der Waals surface area contributed by atoms with Gasteiger partial charge in [-0.2, -0.15) is 0 Å². The Morgan fingerprint density at radius 2 is 1.88 bits per heavy atom. The van der Waals surface area contributed by atoms with Crippen molar-refractivity contribution < 1.29 is 8.84 Å². The Balaban J connectivity index is 2.18. The molecule has 138 valence electrons. The van der Waals surface area contributed by atoms with Gasteiger partial charge in [-0.05, 0) is 38.0 Å². The van der Waals surface area contributed by atoms with Crippen LogP contribution in [-0.2, 0) is 4.43 Å².